The summed E-state index contributed by atoms with van der Waals surface area (Å²) < 4.78 is 0. The Morgan fingerprint density at radius 3 is 2.18 bits per heavy atom. The van der Waals surface area contributed by atoms with Crippen LogP contribution in [0, 0.1) is 0 Å². The van der Waals surface area contributed by atoms with Crippen LogP contribution in [-0.4, -0.2) is 6.04 Å². The Labute approximate surface area is 72.0 Å². The minimum atomic E-state index is -3.65. The quantitative estimate of drug-likeness (QED) is 0.620. The van der Waals surface area contributed by atoms with Crippen molar-refractivity contribution in [2.75, 3.05) is 0 Å². The van der Waals surface area contributed by atoms with E-state index in [2.05, 4.69) is 16.9 Å². The van der Waals surface area contributed by atoms with E-state index in [1.165, 1.54) is 6.42 Å². The first kappa shape index (κ1) is 9.62. The summed E-state index contributed by atoms with van der Waals surface area (Å²) in [7, 11) is 0. The Bertz CT molecular complexity index is 164. The van der Waals surface area contributed by atoms with E-state index >= 15 is 0 Å². The molecule has 1 aliphatic carbocycles. The fraction of sp³-hybridized carbons (Fsp3) is 1.00. The van der Waals surface area contributed by atoms with Gasteiger partial charge in [0.15, 0.2) is 0 Å². The second kappa shape index (κ2) is 3.97. The van der Waals surface area contributed by atoms with E-state index in [4.69, 9.17) is 0 Å². The van der Waals surface area contributed by atoms with Gasteiger partial charge in [0, 0.05) is 6.04 Å². The number of rotatable bonds is 2. The zero-order valence-electron chi connectivity index (χ0n) is 6.28. The van der Waals surface area contributed by atoms with Gasteiger partial charge >= 0.3 is 0 Å². The van der Waals surface area contributed by atoms with Crippen LogP contribution in [0.25, 0.3) is 0 Å². The molecule has 0 saturated heterocycles. The Morgan fingerprint density at radius 2 is 1.73 bits per heavy atom. The van der Waals surface area contributed by atoms with Gasteiger partial charge in [-0.25, -0.2) is 0 Å². The molecule has 5 heteroatoms. The molecule has 1 rings (SSSR count). The van der Waals surface area contributed by atoms with Crippen molar-refractivity contribution in [3.8, 4) is 0 Å². The van der Waals surface area contributed by atoms with Crippen LogP contribution in [0.2, 0.25) is 0 Å². The molecule has 0 aliphatic heterocycles. The highest BCUT2D eigenvalue weighted by atomic mass is 32.5. The summed E-state index contributed by atoms with van der Waals surface area (Å²) in [4.78, 5) is 21.3. The van der Waals surface area contributed by atoms with Crippen molar-refractivity contribution in [1.29, 1.82) is 0 Å². The average molecular weight is 193 g/mol. The molecule has 0 unspecified atom stereocenters. The Morgan fingerprint density at radius 1 is 1.18 bits per heavy atom. The molecule has 0 bridgehead atoms. The molecule has 0 aromatic carbocycles. The molecule has 1 aliphatic rings. The third kappa shape index (κ3) is 4.19. The molecule has 1 fully saturated rings. The van der Waals surface area contributed by atoms with E-state index in [1.807, 2.05) is 0 Å². The number of hydrogen-bond acceptors (Lipinski definition) is 3. The predicted molar refractivity (Wildman–Crippen MR) is 44.3 cm³/mol. The van der Waals surface area contributed by atoms with Crippen LogP contribution in [0.3, 0.4) is 0 Å². The van der Waals surface area contributed by atoms with Crippen LogP contribution in [-0.2, 0) is 11.8 Å². The van der Waals surface area contributed by atoms with Crippen LogP contribution in [0.1, 0.15) is 32.1 Å². The molecule has 0 heterocycles. The van der Waals surface area contributed by atoms with Crippen molar-refractivity contribution in [1.82, 2.24) is 5.09 Å². The molecule has 3 nitrogen and oxygen atoms in total. The van der Waals surface area contributed by atoms with Gasteiger partial charge in [-0.3, -0.25) is 0 Å². The monoisotopic (exact) mass is 193 g/mol. The maximum absolute atomic E-state index is 10.6. The van der Waals surface area contributed by atoms with Crippen LogP contribution in [0.5, 0.6) is 0 Å². The SMILES string of the molecule is [O-]P([O-])(=S)NC1CCCCC1. The molecule has 0 aromatic heterocycles. The van der Waals surface area contributed by atoms with Crippen molar-refractivity contribution in [3.63, 3.8) is 0 Å². The van der Waals surface area contributed by atoms with Gasteiger partial charge in [-0.2, -0.15) is 6.64 Å². The molecule has 1 saturated carbocycles. The molecule has 66 valence electrons. The normalized spacial score (nSPS) is 22.0. The first-order valence-corrected chi connectivity index (χ1v) is 6.51. The zero-order chi connectivity index (χ0) is 8.32. The molecule has 0 spiro atoms. The first-order valence-electron chi connectivity index (χ1n) is 3.88. The first-order chi connectivity index (χ1) is 5.08. The van der Waals surface area contributed by atoms with Crippen LogP contribution < -0.4 is 14.9 Å². The van der Waals surface area contributed by atoms with Gasteiger partial charge in [0.1, 0.15) is 0 Å². The molecule has 0 atom stereocenters. The molecular weight excluding hydrogens is 181 g/mol. The van der Waals surface area contributed by atoms with Crippen molar-refractivity contribution < 1.29 is 9.79 Å². The van der Waals surface area contributed by atoms with Crippen molar-refractivity contribution >= 4 is 18.4 Å². The molecule has 11 heavy (non-hydrogen) atoms. The van der Waals surface area contributed by atoms with Gasteiger partial charge in [-0.15, -0.1) is 11.8 Å². The van der Waals surface area contributed by atoms with Crippen LogP contribution >= 0.6 is 6.64 Å². The van der Waals surface area contributed by atoms with E-state index in [-0.39, 0.29) is 6.04 Å². The van der Waals surface area contributed by atoms with E-state index < -0.39 is 6.64 Å². The van der Waals surface area contributed by atoms with Gasteiger partial charge < -0.3 is 14.9 Å². The van der Waals surface area contributed by atoms with Gasteiger partial charge in [0.25, 0.3) is 0 Å². The van der Waals surface area contributed by atoms with E-state index in [1.54, 1.807) is 0 Å². The maximum atomic E-state index is 10.6. The summed E-state index contributed by atoms with van der Waals surface area (Å²) in [5, 5.41) is 2.47. The molecule has 0 aromatic rings. The molecule has 0 radical (unpaired) electrons. The minimum Gasteiger partial charge on any atom is -0.821 e. The fourth-order valence-corrected chi connectivity index (χ4v) is 2.61. The maximum Gasteiger partial charge on any atom is 0.00872 e. The number of nitrogens with one attached hydrogen (secondary N) is 1. The van der Waals surface area contributed by atoms with E-state index in [9.17, 15) is 9.79 Å². The van der Waals surface area contributed by atoms with Crippen molar-refractivity contribution in [2.45, 2.75) is 38.1 Å². The summed E-state index contributed by atoms with van der Waals surface area (Å²) in [6.07, 6.45) is 5.35. The Kier molecular flexibility index (Phi) is 3.47. The molecule has 1 N–H and O–H groups in total. The highest BCUT2D eigenvalue weighted by molar-refractivity contribution is 8.06. The van der Waals surface area contributed by atoms with Crippen molar-refractivity contribution in [3.05, 3.63) is 0 Å². The highest BCUT2D eigenvalue weighted by Gasteiger charge is 2.11. The third-order valence-corrected chi connectivity index (χ3v) is 2.94. The van der Waals surface area contributed by atoms with Crippen molar-refractivity contribution in [2.24, 2.45) is 0 Å². The smallest absolute Gasteiger partial charge is 0.00872 e. The summed E-state index contributed by atoms with van der Waals surface area (Å²) >= 11 is 4.25. The van der Waals surface area contributed by atoms with Gasteiger partial charge in [0.05, 0.1) is 0 Å². The second-order valence-corrected chi connectivity index (χ2v) is 5.66. The van der Waals surface area contributed by atoms with E-state index in [0.29, 0.717) is 0 Å². The number of hydrogen-bond donors (Lipinski definition) is 1. The topological polar surface area (TPSA) is 58.1 Å². The van der Waals surface area contributed by atoms with E-state index in [0.717, 1.165) is 25.7 Å². The Balaban J connectivity index is 2.30. The lowest BCUT2D eigenvalue weighted by molar-refractivity contribution is -0.299. The summed E-state index contributed by atoms with van der Waals surface area (Å²) in [6.45, 7) is -3.65. The van der Waals surface area contributed by atoms with Gasteiger partial charge in [-0.05, 0) is 12.8 Å². The largest absolute Gasteiger partial charge is 0.821 e. The zero-order valence-corrected chi connectivity index (χ0v) is 8.00. The summed E-state index contributed by atoms with van der Waals surface area (Å²) in [5.74, 6) is 0. The Hall–Kier alpha value is 0.530. The minimum absolute atomic E-state index is 0.115. The van der Waals surface area contributed by atoms with Crippen LogP contribution in [0.15, 0.2) is 0 Å². The fourth-order valence-electron chi connectivity index (χ4n) is 1.46. The van der Waals surface area contributed by atoms with Crippen LogP contribution in [0.4, 0.5) is 0 Å². The lowest BCUT2D eigenvalue weighted by Gasteiger charge is -2.41. The van der Waals surface area contributed by atoms with Gasteiger partial charge in [-0.1, -0.05) is 19.3 Å². The third-order valence-electron chi connectivity index (χ3n) is 1.95. The predicted octanol–water partition coefficient (Wildman–Crippen LogP) is -0.146. The van der Waals surface area contributed by atoms with Gasteiger partial charge in [0.2, 0.25) is 0 Å². The standard InChI is InChI=1S/C6H14NO2PS/c8-10(9,11)7-6-4-2-1-3-5-6/h6H,1-5H2,(H3,7,8,9,11)/p-2. The summed E-state index contributed by atoms with van der Waals surface area (Å²) in [5.41, 5.74) is 0. The second-order valence-electron chi connectivity index (χ2n) is 2.96. The highest BCUT2D eigenvalue weighted by Crippen LogP contribution is 2.25. The molecular formula is C6H12NO2PS-2. The summed E-state index contributed by atoms with van der Waals surface area (Å²) in [6, 6.07) is 0.115. The average Bonchev–Trinajstić information content (AvgIpc) is 1.85. The lowest BCUT2D eigenvalue weighted by Crippen LogP contribution is -2.36. The lowest BCUT2D eigenvalue weighted by atomic mass is 9.96. The molecule has 0 amide bonds.